The number of hydrogen-bond acceptors (Lipinski definition) is 2. The van der Waals surface area contributed by atoms with Gasteiger partial charge in [0, 0.05) is 11.0 Å². The monoisotopic (exact) mass is 232 g/mol. The van der Waals surface area contributed by atoms with Crippen LogP contribution in [-0.4, -0.2) is 17.2 Å². The Bertz CT molecular complexity index is 447. The molecule has 90 valence electrons. The van der Waals surface area contributed by atoms with E-state index in [0.29, 0.717) is 0 Å². The molecule has 1 unspecified atom stereocenters. The highest BCUT2D eigenvalue weighted by atomic mass is 16.5. The average Bonchev–Trinajstić information content (AvgIpc) is 2.66. The van der Waals surface area contributed by atoms with Gasteiger partial charge in [-0.25, -0.2) is 4.79 Å². The summed E-state index contributed by atoms with van der Waals surface area (Å²) in [6.07, 6.45) is 4.57. The minimum atomic E-state index is -0.830. The summed E-state index contributed by atoms with van der Waals surface area (Å²) in [5.74, 6) is -0.0649. The zero-order valence-electron chi connectivity index (χ0n) is 9.69. The largest absolute Gasteiger partial charge is 0.478 e. The van der Waals surface area contributed by atoms with Gasteiger partial charge in [0.25, 0.3) is 0 Å². The number of ether oxygens (including phenoxy) is 1. The molecule has 1 aromatic rings. The first-order chi connectivity index (χ1) is 8.24. The molecule has 3 rings (SSSR count). The minimum Gasteiger partial charge on any atom is -0.478 e. The van der Waals surface area contributed by atoms with Crippen LogP contribution in [0, 0.1) is 0 Å². The lowest BCUT2D eigenvalue weighted by atomic mass is 9.67. The Kier molecular flexibility index (Phi) is 2.35. The molecule has 0 radical (unpaired) electrons. The Hall–Kier alpha value is -1.51. The highest BCUT2D eigenvalue weighted by molar-refractivity contribution is 5.77. The van der Waals surface area contributed by atoms with Crippen LogP contribution in [0.25, 0.3) is 0 Å². The van der Waals surface area contributed by atoms with Crippen LogP contribution in [-0.2, 0) is 10.2 Å². The number of benzene rings is 1. The highest BCUT2D eigenvalue weighted by Gasteiger charge is 2.52. The first-order valence-corrected chi connectivity index (χ1v) is 6.23. The highest BCUT2D eigenvalue weighted by Crippen LogP contribution is 2.51. The summed E-state index contributed by atoms with van der Waals surface area (Å²) < 4.78 is 5.66. The van der Waals surface area contributed by atoms with Gasteiger partial charge in [-0.15, -0.1) is 0 Å². The number of hydrogen-bond donors (Lipinski definition) is 1. The van der Waals surface area contributed by atoms with Crippen LogP contribution < -0.4 is 4.74 Å². The Morgan fingerprint density at radius 3 is 2.65 bits per heavy atom. The van der Waals surface area contributed by atoms with Crippen LogP contribution >= 0.6 is 0 Å². The van der Waals surface area contributed by atoms with E-state index in [0.717, 1.165) is 37.0 Å². The Balaban J connectivity index is 2.10. The van der Waals surface area contributed by atoms with Crippen LogP contribution in [0.3, 0.4) is 0 Å². The molecular formula is C14H16O3. The van der Waals surface area contributed by atoms with E-state index in [1.807, 2.05) is 24.3 Å². The standard InChI is InChI=1S/C14H16O3/c15-13(16)12-14(8-4-1-5-9-14)10-6-2-3-7-11(10)17-12/h2-3,6-7,12H,1,4-5,8-9H2,(H,15,16). The topological polar surface area (TPSA) is 46.5 Å². The van der Waals surface area contributed by atoms with Crippen molar-refractivity contribution in [2.75, 3.05) is 0 Å². The smallest absolute Gasteiger partial charge is 0.345 e. The second-order valence-electron chi connectivity index (χ2n) is 5.05. The molecular weight excluding hydrogens is 216 g/mol. The lowest BCUT2D eigenvalue weighted by Crippen LogP contribution is -2.45. The molecule has 1 aliphatic heterocycles. The summed E-state index contributed by atoms with van der Waals surface area (Å²) in [7, 11) is 0. The van der Waals surface area contributed by atoms with Crippen molar-refractivity contribution in [3.05, 3.63) is 29.8 Å². The van der Waals surface area contributed by atoms with Crippen LogP contribution in [0.5, 0.6) is 5.75 Å². The van der Waals surface area contributed by atoms with Gasteiger partial charge in [0.2, 0.25) is 6.10 Å². The zero-order valence-corrected chi connectivity index (χ0v) is 9.69. The molecule has 1 N–H and O–H groups in total. The molecule has 2 aliphatic rings. The summed E-state index contributed by atoms with van der Waals surface area (Å²) in [6.45, 7) is 0. The van der Waals surface area contributed by atoms with Gasteiger partial charge in [-0.05, 0) is 18.9 Å². The van der Waals surface area contributed by atoms with Gasteiger partial charge < -0.3 is 9.84 Å². The summed E-state index contributed by atoms with van der Waals surface area (Å²) in [6, 6.07) is 7.79. The minimum absolute atomic E-state index is 0.277. The third kappa shape index (κ3) is 1.45. The summed E-state index contributed by atoms with van der Waals surface area (Å²) in [5.41, 5.74) is 0.827. The van der Waals surface area contributed by atoms with Gasteiger partial charge in [-0.2, -0.15) is 0 Å². The van der Waals surface area contributed by atoms with E-state index in [1.165, 1.54) is 6.42 Å². The summed E-state index contributed by atoms with van der Waals surface area (Å²) in [4.78, 5) is 11.4. The van der Waals surface area contributed by atoms with Crippen molar-refractivity contribution in [1.29, 1.82) is 0 Å². The number of carboxylic acid groups (broad SMARTS) is 1. The van der Waals surface area contributed by atoms with E-state index in [9.17, 15) is 9.90 Å². The molecule has 0 saturated heterocycles. The first kappa shape index (κ1) is 10.6. The van der Waals surface area contributed by atoms with Gasteiger partial charge in [0.15, 0.2) is 0 Å². The molecule has 3 heteroatoms. The summed E-state index contributed by atoms with van der Waals surface area (Å²) in [5, 5.41) is 9.38. The molecule has 1 spiro atoms. The van der Waals surface area contributed by atoms with E-state index in [2.05, 4.69) is 0 Å². The Morgan fingerprint density at radius 2 is 1.94 bits per heavy atom. The van der Waals surface area contributed by atoms with Gasteiger partial charge >= 0.3 is 5.97 Å². The SMILES string of the molecule is O=C(O)C1Oc2ccccc2C12CCCCC2. The van der Waals surface area contributed by atoms with E-state index in [4.69, 9.17) is 4.74 Å². The van der Waals surface area contributed by atoms with Crippen molar-refractivity contribution in [3.8, 4) is 5.75 Å². The van der Waals surface area contributed by atoms with Crippen LogP contribution in [0.1, 0.15) is 37.7 Å². The third-order valence-corrected chi connectivity index (χ3v) is 4.14. The molecule has 1 aromatic carbocycles. The van der Waals surface area contributed by atoms with Gasteiger partial charge in [0.1, 0.15) is 5.75 Å². The van der Waals surface area contributed by atoms with E-state index in [1.54, 1.807) is 0 Å². The maximum atomic E-state index is 11.4. The van der Waals surface area contributed by atoms with E-state index in [-0.39, 0.29) is 5.41 Å². The lowest BCUT2D eigenvalue weighted by Gasteiger charge is -2.35. The number of aliphatic carboxylic acids is 1. The summed E-state index contributed by atoms with van der Waals surface area (Å²) >= 11 is 0. The second-order valence-corrected chi connectivity index (χ2v) is 5.05. The molecule has 0 bridgehead atoms. The maximum Gasteiger partial charge on any atom is 0.345 e. The second kappa shape index (κ2) is 3.76. The van der Waals surface area contributed by atoms with Gasteiger partial charge in [0.05, 0.1) is 0 Å². The average molecular weight is 232 g/mol. The fourth-order valence-corrected chi connectivity index (χ4v) is 3.36. The number of para-hydroxylation sites is 1. The number of rotatable bonds is 1. The number of carbonyl (C=O) groups is 1. The van der Waals surface area contributed by atoms with Crippen molar-refractivity contribution in [3.63, 3.8) is 0 Å². The fourth-order valence-electron chi connectivity index (χ4n) is 3.36. The molecule has 1 atom stereocenters. The lowest BCUT2D eigenvalue weighted by molar-refractivity contribution is -0.148. The quantitative estimate of drug-likeness (QED) is 0.809. The van der Waals surface area contributed by atoms with Crippen molar-refractivity contribution >= 4 is 5.97 Å². The van der Waals surface area contributed by atoms with E-state index < -0.39 is 12.1 Å². The molecule has 1 aliphatic carbocycles. The number of fused-ring (bicyclic) bond motifs is 2. The van der Waals surface area contributed by atoms with Crippen LogP contribution in [0.2, 0.25) is 0 Å². The van der Waals surface area contributed by atoms with Crippen LogP contribution in [0.15, 0.2) is 24.3 Å². The predicted molar refractivity (Wildman–Crippen MR) is 63.3 cm³/mol. The molecule has 0 amide bonds. The molecule has 3 nitrogen and oxygen atoms in total. The van der Waals surface area contributed by atoms with Crippen molar-refractivity contribution < 1.29 is 14.6 Å². The molecule has 1 heterocycles. The normalized spacial score (nSPS) is 25.3. The van der Waals surface area contributed by atoms with Gasteiger partial charge in [-0.3, -0.25) is 0 Å². The maximum absolute atomic E-state index is 11.4. The first-order valence-electron chi connectivity index (χ1n) is 6.23. The molecule has 0 aromatic heterocycles. The number of carboxylic acids is 1. The zero-order chi connectivity index (χ0) is 11.9. The predicted octanol–water partition coefficient (Wildman–Crippen LogP) is 2.73. The van der Waals surface area contributed by atoms with Crippen molar-refractivity contribution in [1.82, 2.24) is 0 Å². The van der Waals surface area contributed by atoms with Gasteiger partial charge in [-0.1, -0.05) is 37.5 Å². The molecule has 17 heavy (non-hydrogen) atoms. The van der Waals surface area contributed by atoms with E-state index >= 15 is 0 Å². The fraction of sp³-hybridized carbons (Fsp3) is 0.500. The molecule has 1 saturated carbocycles. The Morgan fingerprint density at radius 1 is 1.24 bits per heavy atom. The molecule has 1 fully saturated rings. The van der Waals surface area contributed by atoms with Crippen molar-refractivity contribution in [2.24, 2.45) is 0 Å². The Labute approximate surface area is 100 Å². The third-order valence-electron chi connectivity index (χ3n) is 4.14. The van der Waals surface area contributed by atoms with Crippen molar-refractivity contribution in [2.45, 2.75) is 43.6 Å². The van der Waals surface area contributed by atoms with Crippen LogP contribution in [0.4, 0.5) is 0 Å².